The van der Waals surface area contributed by atoms with Gasteiger partial charge < -0.3 is 20.1 Å². The zero-order chi connectivity index (χ0) is 16.6. The standard InChI is InChI=1S/C19H23N3O2.HI/c1-2-20-19(21-14-15-7-4-3-5-8-15)22-16-9-10-17-18(13-16)24-12-6-11-23-17;/h3-5,7-10,13H,2,6,11-12,14H2,1H3,(H2,20,21,22);1H. The van der Waals surface area contributed by atoms with E-state index in [1.54, 1.807) is 0 Å². The van der Waals surface area contributed by atoms with Crippen LogP contribution in [0.15, 0.2) is 53.5 Å². The number of anilines is 1. The summed E-state index contributed by atoms with van der Waals surface area (Å²) in [6.07, 6.45) is 0.901. The largest absolute Gasteiger partial charge is 0.490 e. The second-order valence-corrected chi connectivity index (χ2v) is 5.52. The fourth-order valence-corrected chi connectivity index (χ4v) is 2.44. The van der Waals surface area contributed by atoms with Gasteiger partial charge in [-0.05, 0) is 24.6 Å². The molecule has 0 fully saturated rings. The average molecular weight is 453 g/mol. The number of nitrogens with one attached hydrogen (secondary N) is 2. The Balaban J connectivity index is 0.00000225. The van der Waals surface area contributed by atoms with Gasteiger partial charge >= 0.3 is 0 Å². The molecule has 0 amide bonds. The second kappa shape index (κ2) is 10.1. The monoisotopic (exact) mass is 453 g/mol. The summed E-state index contributed by atoms with van der Waals surface area (Å²) in [6, 6.07) is 16.1. The number of benzene rings is 2. The molecule has 2 aromatic rings. The van der Waals surface area contributed by atoms with Gasteiger partial charge in [-0.1, -0.05) is 30.3 Å². The zero-order valence-corrected chi connectivity index (χ0v) is 16.7. The first kappa shape index (κ1) is 19.4. The smallest absolute Gasteiger partial charge is 0.196 e. The molecule has 134 valence electrons. The van der Waals surface area contributed by atoms with Crippen LogP contribution in [0.5, 0.6) is 11.5 Å². The molecule has 0 saturated heterocycles. The molecule has 5 nitrogen and oxygen atoms in total. The molecular formula is C19H24IN3O2. The van der Waals surface area contributed by atoms with E-state index >= 15 is 0 Å². The van der Waals surface area contributed by atoms with Crippen LogP contribution in [-0.4, -0.2) is 25.7 Å². The minimum atomic E-state index is 0. The maximum absolute atomic E-state index is 5.73. The highest BCUT2D eigenvalue weighted by molar-refractivity contribution is 14.0. The van der Waals surface area contributed by atoms with Crippen molar-refractivity contribution in [3.8, 4) is 11.5 Å². The Morgan fingerprint density at radius 1 is 1.04 bits per heavy atom. The maximum atomic E-state index is 5.73. The molecule has 0 aliphatic carbocycles. The first-order valence-electron chi connectivity index (χ1n) is 8.34. The highest BCUT2D eigenvalue weighted by atomic mass is 127. The summed E-state index contributed by atoms with van der Waals surface area (Å²) in [4.78, 5) is 4.63. The van der Waals surface area contributed by atoms with E-state index < -0.39 is 0 Å². The van der Waals surface area contributed by atoms with Gasteiger partial charge in [-0.15, -0.1) is 24.0 Å². The molecule has 0 spiro atoms. The van der Waals surface area contributed by atoms with Gasteiger partial charge in [-0.25, -0.2) is 4.99 Å². The van der Waals surface area contributed by atoms with Gasteiger partial charge in [0.1, 0.15) is 0 Å². The Morgan fingerprint density at radius 3 is 2.56 bits per heavy atom. The van der Waals surface area contributed by atoms with Crippen LogP contribution in [0.4, 0.5) is 5.69 Å². The number of halogens is 1. The van der Waals surface area contributed by atoms with E-state index in [1.807, 2.05) is 43.3 Å². The quantitative estimate of drug-likeness (QED) is 0.417. The number of rotatable bonds is 4. The molecule has 1 aliphatic heterocycles. The number of nitrogens with zero attached hydrogens (tertiary/aromatic N) is 1. The molecule has 2 aromatic carbocycles. The van der Waals surface area contributed by atoms with Crippen LogP contribution in [0.25, 0.3) is 0 Å². The van der Waals surface area contributed by atoms with Gasteiger partial charge in [-0.2, -0.15) is 0 Å². The molecule has 2 N–H and O–H groups in total. The summed E-state index contributed by atoms with van der Waals surface area (Å²) in [5.74, 6) is 2.32. The lowest BCUT2D eigenvalue weighted by Gasteiger charge is -2.13. The van der Waals surface area contributed by atoms with Crippen molar-refractivity contribution in [3.05, 3.63) is 54.1 Å². The molecule has 0 radical (unpaired) electrons. The number of aliphatic imine (C=N–C) groups is 1. The summed E-state index contributed by atoms with van der Waals surface area (Å²) < 4.78 is 11.4. The lowest BCUT2D eigenvalue weighted by atomic mass is 10.2. The summed E-state index contributed by atoms with van der Waals surface area (Å²) >= 11 is 0. The van der Waals surface area contributed by atoms with Crippen LogP contribution < -0.4 is 20.1 Å². The van der Waals surface area contributed by atoms with Gasteiger partial charge in [0.25, 0.3) is 0 Å². The Morgan fingerprint density at radius 2 is 1.80 bits per heavy atom. The van der Waals surface area contributed by atoms with Crippen LogP contribution in [-0.2, 0) is 6.54 Å². The summed E-state index contributed by atoms with van der Waals surface area (Å²) in [7, 11) is 0. The third kappa shape index (κ3) is 5.81. The minimum Gasteiger partial charge on any atom is -0.490 e. The predicted octanol–water partition coefficient (Wildman–Crippen LogP) is 4.04. The lowest BCUT2D eigenvalue weighted by molar-refractivity contribution is 0.297. The van der Waals surface area contributed by atoms with Crippen LogP contribution in [0.1, 0.15) is 18.9 Å². The van der Waals surface area contributed by atoms with Crippen LogP contribution in [0.2, 0.25) is 0 Å². The third-order valence-electron chi connectivity index (χ3n) is 3.62. The van der Waals surface area contributed by atoms with Gasteiger partial charge in [0.15, 0.2) is 17.5 Å². The number of fused-ring (bicyclic) bond motifs is 1. The van der Waals surface area contributed by atoms with Crippen molar-refractivity contribution >= 4 is 35.6 Å². The van der Waals surface area contributed by atoms with Gasteiger partial charge in [0.05, 0.1) is 19.8 Å². The van der Waals surface area contributed by atoms with Crippen molar-refractivity contribution < 1.29 is 9.47 Å². The molecule has 0 saturated carbocycles. The fourth-order valence-electron chi connectivity index (χ4n) is 2.44. The topological polar surface area (TPSA) is 54.9 Å². The number of ether oxygens (including phenoxy) is 2. The Bertz CT molecular complexity index is 692. The molecule has 1 heterocycles. The Kier molecular flexibility index (Phi) is 7.84. The van der Waals surface area contributed by atoms with Crippen LogP contribution in [0.3, 0.4) is 0 Å². The second-order valence-electron chi connectivity index (χ2n) is 5.52. The van der Waals surface area contributed by atoms with Crippen molar-refractivity contribution in [1.29, 1.82) is 0 Å². The van der Waals surface area contributed by atoms with Gasteiger partial charge in [-0.3, -0.25) is 0 Å². The van der Waals surface area contributed by atoms with E-state index in [0.717, 1.165) is 36.1 Å². The fraction of sp³-hybridized carbons (Fsp3) is 0.316. The highest BCUT2D eigenvalue weighted by Gasteiger charge is 2.11. The normalized spacial score (nSPS) is 13.4. The maximum Gasteiger partial charge on any atom is 0.196 e. The minimum absolute atomic E-state index is 0. The predicted molar refractivity (Wildman–Crippen MR) is 112 cm³/mol. The van der Waals surface area contributed by atoms with Crippen LogP contribution in [0, 0.1) is 0 Å². The van der Waals surface area contributed by atoms with E-state index in [0.29, 0.717) is 19.8 Å². The van der Waals surface area contributed by atoms with E-state index in [2.05, 4.69) is 27.8 Å². The number of hydrogen-bond acceptors (Lipinski definition) is 3. The number of hydrogen-bond donors (Lipinski definition) is 2. The first-order chi connectivity index (χ1) is 11.8. The first-order valence-corrected chi connectivity index (χ1v) is 8.34. The third-order valence-corrected chi connectivity index (χ3v) is 3.62. The molecule has 0 unspecified atom stereocenters. The molecule has 25 heavy (non-hydrogen) atoms. The van der Waals surface area contributed by atoms with Crippen molar-refractivity contribution in [2.75, 3.05) is 25.1 Å². The summed E-state index contributed by atoms with van der Waals surface area (Å²) in [5.41, 5.74) is 2.10. The molecular weight excluding hydrogens is 429 g/mol. The molecule has 0 aromatic heterocycles. The molecule has 1 aliphatic rings. The lowest BCUT2D eigenvalue weighted by Crippen LogP contribution is -2.30. The zero-order valence-electron chi connectivity index (χ0n) is 14.3. The molecule has 0 bridgehead atoms. The summed E-state index contributed by atoms with van der Waals surface area (Å²) in [5, 5.41) is 6.58. The molecule has 6 heteroatoms. The average Bonchev–Trinajstić information content (AvgIpc) is 2.86. The Labute approximate surface area is 165 Å². The van der Waals surface area contributed by atoms with Gasteiger partial charge in [0, 0.05) is 24.7 Å². The Hall–Kier alpha value is -1.96. The summed E-state index contributed by atoms with van der Waals surface area (Å²) in [6.45, 7) is 4.85. The van der Waals surface area contributed by atoms with E-state index in [4.69, 9.17) is 9.47 Å². The van der Waals surface area contributed by atoms with Crippen molar-refractivity contribution in [2.24, 2.45) is 4.99 Å². The van der Waals surface area contributed by atoms with E-state index in [9.17, 15) is 0 Å². The highest BCUT2D eigenvalue weighted by Crippen LogP contribution is 2.32. The SMILES string of the molecule is CCNC(=NCc1ccccc1)Nc1ccc2c(c1)OCCCO2.I. The van der Waals surface area contributed by atoms with Crippen molar-refractivity contribution in [1.82, 2.24) is 5.32 Å². The molecule has 3 rings (SSSR count). The van der Waals surface area contributed by atoms with Crippen molar-refractivity contribution in [2.45, 2.75) is 19.9 Å². The molecule has 0 atom stereocenters. The van der Waals surface area contributed by atoms with E-state index in [-0.39, 0.29) is 24.0 Å². The van der Waals surface area contributed by atoms with E-state index in [1.165, 1.54) is 5.56 Å². The van der Waals surface area contributed by atoms with Crippen molar-refractivity contribution in [3.63, 3.8) is 0 Å². The van der Waals surface area contributed by atoms with Gasteiger partial charge in [0.2, 0.25) is 0 Å². The van der Waals surface area contributed by atoms with Crippen LogP contribution >= 0.6 is 24.0 Å². The number of guanidine groups is 1.